The summed E-state index contributed by atoms with van der Waals surface area (Å²) in [6.45, 7) is 3.37. The number of amides is 1. The molecule has 0 radical (unpaired) electrons. The summed E-state index contributed by atoms with van der Waals surface area (Å²) in [5.41, 5.74) is 0.509. The minimum absolute atomic E-state index is 0.123. The van der Waals surface area contributed by atoms with Crippen LogP contribution in [0.1, 0.15) is 25.0 Å². The number of fused-ring (bicyclic) bond motifs is 1. The zero-order valence-corrected chi connectivity index (χ0v) is 20.2. The van der Waals surface area contributed by atoms with Crippen LogP contribution in [0, 0.1) is 5.82 Å². The van der Waals surface area contributed by atoms with Crippen LogP contribution in [0.5, 0.6) is 0 Å². The normalized spacial score (nSPS) is 16.7. The molecule has 1 unspecified atom stereocenters. The number of hydrogen-bond acceptors (Lipinski definition) is 8. The Balaban J connectivity index is 1.59. The molecule has 35 heavy (non-hydrogen) atoms. The average molecular weight is 541 g/mol. The van der Waals surface area contributed by atoms with Crippen LogP contribution in [0.3, 0.4) is 0 Å². The van der Waals surface area contributed by atoms with Gasteiger partial charge in [-0.3, -0.25) is 14.3 Å². The third kappa shape index (κ3) is 3.79. The third-order valence-electron chi connectivity index (χ3n) is 5.72. The highest BCUT2D eigenvalue weighted by atomic mass is 79.9. The lowest BCUT2D eigenvalue weighted by Gasteiger charge is -2.20. The zero-order chi connectivity index (χ0) is 24.7. The van der Waals surface area contributed by atoms with E-state index in [2.05, 4.69) is 41.5 Å². The largest absolute Gasteiger partial charge is 0.465 e. The quantitative estimate of drug-likeness (QED) is 0.223. The van der Waals surface area contributed by atoms with Crippen LogP contribution in [0.25, 0.3) is 22.9 Å². The first-order valence-electron chi connectivity index (χ1n) is 10.6. The molecule has 4 aromatic rings. The first-order chi connectivity index (χ1) is 16.8. The molecule has 1 atom stereocenters. The number of benzene rings is 1. The highest BCUT2D eigenvalue weighted by Crippen LogP contribution is 2.42. The molecule has 0 fully saturated rings. The van der Waals surface area contributed by atoms with Crippen LogP contribution in [-0.2, 0) is 26.3 Å². The summed E-state index contributed by atoms with van der Waals surface area (Å²) in [5, 5.41) is 11.2. The molecule has 0 saturated carbocycles. The maximum Gasteiger partial charge on any atom is 0.326 e. The first-order valence-corrected chi connectivity index (χ1v) is 11.4. The van der Waals surface area contributed by atoms with Crippen LogP contribution in [0.4, 0.5) is 10.2 Å². The van der Waals surface area contributed by atoms with E-state index >= 15 is 0 Å². The SMILES string of the molecule is CCOC(=O)C1(C)C(=O)Nc2nc(-c3cc(-c4ccon4)n(Cc4ccccc4F)n3)nc(Br)c21. The van der Waals surface area contributed by atoms with Crippen molar-refractivity contribution in [1.29, 1.82) is 0 Å². The van der Waals surface area contributed by atoms with Crippen molar-refractivity contribution in [1.82, 2.24) is 24.9 Å². The number of anilines is 1. The number of halogens is 2. The highest BCUT2D eigenvalue weighted by molar-refractivity contribution is 9.10. The van der Waals surface area contributed by atoms with Crippen LogP contribution in [0.15, 0.2) is 51.8 Å². The second kappa shape index (κ2) is 8.69. The van der Waals surface area contributed by atoms with Gasteiger partial charge in [0, 0.05) is 11.6 Å². The van der Waals surface area contributed by atoms with Gasteiger partial charge >= 0.3 is 5.97 Å². The lowest BCUT2D eigenvalue weighted by molar-refractivity contribution is -0.152. The van der Waals surface area contributed by atoms with Crippen molar-refractivity contribution in [3.05, 3.63) is 64.2 Å². The Kier molecular flexibility index (Phi) is 5.67. The smallest absolute Gasteiger partial charge is 0.326 e. The number of nitrogens with one attached hydrogen (secondary N) is 1. The van der Waals surface area contributed by atoms with Gasteiger partial charge in [-0.25, -0.2) is 14.4 Å². The number of hydrogen-bond donors (Lipinski definition) is 1. The number of carbonyl (C=O) groups is 2. The summed E-state index contributed by atoms with van der Waals surface area (Å²) >= 11 is 3.38. The number of aromatic nitrogens is 5. The molecule has 1 aliphatic heterocycles. The topological polar surface area (TPSA) is 125 Å². The van der Waals surface area contributed by atoms with Gasteiger partial charge in [-0.2, -0.15) is 5.10 Å². The van der Waals surface area contributed by atoms with Gasteiger partial charge in [0.1, 0.15) is 33.9 Å². The number of nitrogens with zero attached hydrogens (tertiary/aromatic N) is 5. The van der Waals surface area contributed by atoms with Gasteiger partial charge in [0.15, 0.2) is 11.2 Å². The van der Waals surface area contributed by atoms with E-state index in [9.17, 15) is 14.0 Å². The van der Waals surface area contributed by atoms with Crippen molar-refractivity contribution in [2.45, 2.75) is 25.8 Å². The van der Waals surface area contributed by atoms with E-state index in [4.69, 9.17) is 9.26 Å². The van der Waals surface area contributed by atoms with Gasteiger partial charge in [0.2, 0.25) is 5.91 Å². The molecule has 0 aliphatic carbocycles. The standard InChI is InChI=1S/C23H18BrFN6O4/c1-3-34-22(33)23(2)17-18(24)26-19(27-20(17)28-21(23)32)15-10-16(14-8-9-35-30-14)31(29-15)11-12-6-4-5-7-13(12)25/h4-10H,3,11H2,1-2H3,(H,26,27,28,32). The van der Waals surface area contributed by atoms with E-state index < -0.39 is 17.3 Å². The first kappa shape index (κ1) is 22.8. The molecule has 10 nitrogen and oxygen atoms in total. The summed E-state index contributed by atoms with van der Waals surface area (Å²) < 4.78 is 26.2. The maximum absolute atomic E-state index is 14.3. The lowest BCUT2D eigenvalue weighted by atomic mass is 9.85. The summed E-state index contributed by atoms with van der Waals surface area (Å²) in [5.74, 6) is -1.27. The molecule has 4 heterocycles. The summed E-state index contributed by atoms with van der Waals surface area (Å²) in [6, 6.07) is 9.73. The Morgan fingerprint density at radius 2 is 2.06 bits per heavy atom. The molecular formula is C23H18BrFN6O4. The molecule has 3 aromatic heterocycles. The van der Waals surface area contributed by atoms with Gasteiger partial charge in [-0.1, -0.05) is 23.4 Å². The molecule has 1 aliphatic rings. The predicted molar refractivity (Wildman–Crippen MR) is 125 cm³/mol. The molecule has 0 saturated heterocycles. The van der Waals surface area contributed by atoms with Crippen molar-refractivity contribution in [2.75, 3.05) is 11.9 Å². The van der Waals surface area contributed by atoms with Gasteiger partial charge < -0.3 is 14.6 Å². The van der Waals surface area contributed by atoms with E-state index in [0.29, 0.717) is 22.6 Å². The molecule has 178 valence electrons. The van der Waals surface area contributed by atoms with E-state index in [1.165, 1.54) is 19.3 Å². The van der Waals surface area contributed by atoms with Gasteiger partial charge in [0.05, 0.1) is 24.4 Å². The molecule has 1 aromatic carbocycles. The molecule has 0 spiro atoms. The fraction of sp³-hybridized carbons (Fsp3) is 0.217. The van der Waals surface area contributed by atoms with Crippen LogP contribution < -0.4 is 5.32 Å². The summed E-state index contributed by atoms with van der Waals surface area (Å²) in [7, 11) is 0. The van der Waals surface area contributed by atoms with Gasteiger partial charge in [-0.15, -0.1) is 0 Å². The van der Waals surface area contributed by atoms with E-state index in [0.717, 1.165) is 0 Å². The number of carbonyl (C=O) groups excluding carboxylic acids is 2. The number of rotatable bonds is 6. The predicted octanol–water partition coefficient (Wildman–Crippen LogP) is 3.72. The van der Waals surface area contributed by atoms with Crippen LogP contribution >= 0.6 is 15.9 Å². The molecule has 5 rings (SSSR count). The van der Waals surface area contributed by atoms with Gasteiger partial charge in [0.25, 0.3) is 0 Å². The molecule has 12 heteroatoms. The molecule has 0 bridgehead atoms. The third-order valence-corrected chi connectivity index (χ3v) is 6.30. The monoisotopic (exact) mass is 540 g/mol. The van der Waals surface area contributed by atoms with Crippen molar-refractivity contribution in [2.24, 2.45) is 0 Å². The van der Waals surface area contributed by atoms with Gasteiger partial charge in [-0.05, 0) is 41.9 Å². The number of ether oxygens (including phenoxy) is 1. The Labute approximate surface area is 206 Å². The van der Waals surface area contributed by atoms with Crippen molar-refractivity contribution in [3.8, 4) is 22.9 Å². The highest BCUT2D eigenvalue weighted by Gasteiger charge is 2.53. The Morgan fingerprint density at radius 3 is 2.77 bits per heavy atom. The second-order valence-electron chi connectivity index (χ2n) is 7.91. The second-order valence-corrected chi connectivity index (χ2v) is 8.66. The van der Waals surface area contributed by atoms with Crippen LogP contribution in [-0.4, -0.2) is 43.4 Å². The fourth-order valence-electron chi connectivity index (χ4n) is 3.88. The molecule has 1 amide bonds. The van der Waals surface area contributed by atoms with Crippen molar-refractivity contribution >= 4 is 33.6 Å². The molecular weight excluding hydrogens is 523 g/mol. The minimum Gasteiger partial charge on any atom is -0.465 e. The maximum atomic E-state index is 14.3. The van der Waals surface area contributed by atoms with Crippen molar-refractivity contribution < 1.29 is 23.2 Å². The molecule has 1 N–H and O–H groups in total. The summed E-state index contributed by atoms with van der Waals surface area (Å²) in [6.07, 6.45) is 1.42. The fourth-order valence-corrected chi connectivity index (χ4v) is 4.64. The Hall–Kier alpha value is -3.93. The van der Waals surface area contributed by atoms with E-state index in [1.54, 1.807) is 41.9 Å². The lowest BCUT2D eigenvalue weighted by Crippen LogP contribution is -2.41. The van der Waals surface area contributed by atoms with Crippen molar-refractivity contribution in [3.63, 3.8) is 0 Å². The number of esters is 1. The Bertz CT molecular complexity index is 1450. The van der Waals surface area contributed by atoms with Crippen LogP contribution in [0.2, 0.25) is 0 Å². The van der Waals surface area contributed by atoms with E-state index in [1.807, 2.05) is 0 Å². The minimum atomic E-state index is -1.60. The Morgan fingerprint density at radius 1 is 1.26 bits per heavy atom. The average Bonchev–Trinajstić information content (AvgIpc) is 3.55. The summed E-state index contributed by atoms with van der Waals surface area (Å²) in [4.78, 5) is 34.3. The van der Waals surface area contributed by atoms with E-state index in [-0.39, 0.29) is 40.8 Å². The zero-order valence-electron chi connectivity index (χ0n) is 18.6.